The summed E-state index contributed by atoms with van der Waals surface area (Å²) in [4.78, 5) is 35.5. The van der Waals surface area contributed by atoms with Crippen LogP contribution in [-0.2, 0) is 20.9 Å². The molecule has 134 valence electrons. The van der Waals surface area contributed by atoms with Crippen molar-refractivity contribution in [2.24, 2.45) is 0 Å². The van der Waals surface area contributed by atoms with Gasteiger partial charge in [-0.1, -0.05) is 34.1 Å². The molecule has 0 atom stereocenters. The first-order chi connectivity index (χ1) is 12.5. The summed E-state index contributed by atoms with van der Waals surface area (Å²) in [6, 6.07) is 14.0. The number of para-hydroxylation sites is 2. The molecule has 26 heavy (non-hydrogen) atoms. The summed E-state index contributed by atoms with van der Waals surface area (Å²) in [5, 5.41) is 2.62. The summed E-state index contributed by atoms with van der Waals surface area (Å²) < 4.78 is 12.2. The lowest BCUT2D eigenvalue weighted by atomic mass is 10.3. The molecule has 1 heterocycles. The Bertz CT molecular complexity index is 1010. The highest BCUT2D eigenvalue weighted by atomic mass is 79.9. The van der Waals surface area contributed by atoms with Crippen molar-refractivity contribution in [1.82, 2.24) is 4.57 Å². The van der Waals surface area contributed by atoms with Crippen molar-refractivity contribution in [3.8, 4) is 0 Å². The van der Waals surface area contributed by atoms with E-state index in [0.29, 0.717) is 16.8 Å². The van der Waals surface area contributed by atoms with Crippen molar-refractivity contribution < 1.29 is 18.7 Å². The van der Waals surface area contributed by atoms with E-state index in [-0.39, 0.29) is 13.0 Å². The van der Waals surface area contributed by atoms with E-state index < -0.39 is 24.2 Å². The zero-order valence-electron chi connectivity index (χ0n) is 13.6. The molecule has 0 spiro atoms. The van der Waals surface area contributed by atoms with Gasteiger partial charge in [0, 0.05) is 16.7 Å². The summed E-state index contributed by atoms with van der Waals surface area (Å²) in [6.07, 6.45) is -0.0480. The van der Waals surface area contributed by atoms with Crippen LogP contribution in [0.25, 0.3) is 11.1 Å². The van der Waals surface area contributed by atoms with Crippen LogP contribution in [0.5, 0.6) is 0 Å². The number of nitrogens with one attached hydrogen (secondary N) is 1. The molecule has 1 N–H and O–H groups in total. The lowest BCUT2D eigenvalue weighted by Crippen LogP contribution is -2.22. The fraction of sp³-hybridized carbons (Fsp3) is 0.167. The third-order valence-corrected chi connectivity index (χ3v) is 4.08. The highest BCUT2D eigenvalue weighted by Gasteiger charge is 2.12. The van der Waals surface area contributed by atoms with Gasteiger partial charge in [-0.15, -0.1) is 0 Å². The van der Waals surface area contributed by atoms with E-state index in [1.807, 2.05) is 6.07 Å². The number of fused-ring (bicyclic) bond motifs is 1. The molecular weight excluding hydrogens is 404 g/mol. The fourth-order valence-corrected chi connectivity index (χ4v) is 2.81. The normalized spacial score (nSPS) is 10.7. The Kier molecular flexibility index (Phi) is 5.52. The quantitative estimate of drug-likeness (QED) is 0.621. The molecule has 8 heteroatoms. The van der Waals surface area contributed by atoms with Gasteiger partial charge < -0.3 is 14.5 Å². The fourth-order valence-electron chi connectivity index (χ4n) is 2.41. The predicted octanol–water partition coefficient (Wildman–Crippen LogP) is 2.93. The molecule has 0 bridgehead atoms. The minimum absolute atomic E-state index is 0.0480. The summed E-state index contributed by atoms with van der Waals surface area (Å²) in [6.45, 7) is -0.283. The van der Waals surface area contributed by atoms with E-state index in [9.17, 15) is 14.4 Å². The van der Waals surface area contributed by atoms with Crippen LogP contribution in [-0.4, -0.2) is 23.1 Å². The maximum atomic E-state index is 11.8. The standard InChI is InChI=1S/C18H15BrN2O5/c19-12-4-3-5-13(10-12)20-16(22)11-25-17(23)8-9-21-14-6-1-2-7-15(14)26-18(21)24/h1-7,10H,8-9,11H2,(H,20,22). The predicted molar refractivity (Wildman–Crippen MR) is 98.8 cm³/mol. The number of aryl methyl sites for hydroxylation is 1. The highest BCUT2D eigenvalue weighted by Crippen LogP contribution is 2.15. The molecule has 3 rings (SSSR count). The van der Waals surface area contributed by atoms with Crippen LogP contribution < -0.4 is 11.1 Å². The zero-order valence-corrected chi connectivity index (χ0v) is 15.2. The molecule has 0 saturated heterocycles. The number of rotatable bonds is 6. The number of hydrogen-bond donors (Lipinski definition) is 1. The molecule has 0 saturated carbocycles. The van der Waals surface area contributed by atoms with Crippen molar-refractivity contribution in [3.63, 3.8) is 0 Å². The number of benzene rings is 2. The number of hydrogen-bond acceptors (Lipinski definition) is 5. The molecule has 0 aliphatic rings. The molecule has 0 aliphatic heterocycles. The third-order valence-electron chi connectivity index (χ3n) is 3.59. The van der Waals surface area contributed by atoms with E-state index >= 15 is 0 Å². The van der Waals surface area contributed by atoms with Gasteiger partial charge >= 0.3 is 11.7 Å². The van der Waals surface area contributed by atoms with Gasteiger partial charge in [0.15, 0.2) is 12.2 Å². The molecule has 0 radical (unpaired) electrons. The average molecular weight is 419 g/mol. The van der Waals surface area contributed by atoms with E-state index in [1.54, 1.807) is 42.5 Å². The molecule has 3 aromatic rings. The molecule has 0 fully saturated rings. The largest absolute Gasteiger partial charge is 0.456 e. The van der Waals surface area contributed by atoms with Crippen LogP contribution in [0.4, 0.5) is 5.69 Å². The zero-order chi connectivity index (χ0) is 18.5. The Morgan fingerprint density at radius 1 is 1.15 bits per heavy atom. The number of amides is 1. The lowest BCUT2D eigenvalue weighted by Gasteiger charge is -2.07. The Labute approximate surface area is 156 Å². The second-order valence-corrected chi connectivity index (χ2v) is 6.37. The summed E-state index contributed by atoms with van der Waals surface area (Å²) in [5.41, 5.74) is 1.66. The number of halogens is 1. The number of carbonyl (C=O) groups is 2. The van der Waals surface area contributed by atoms with Gasteiger partial charge in [-0.3, -0.25) is 14.2 Å². The van der Waals surface area contributed by atoms with Crippen LogP contribution in [0, 0.1) is 0 Å². The summed E-state index contributed by atoms with van der Waals surface area (Å²) in [7, 11) is 0. The van der Waals surface area contributed by atoms with E-state index in [4.69, 9.17) is 9.15 Å². The second-order valence-electron chi connectivity index (χ2n) is 5.46. The van der Waals surface area contributed by atoms with Gasteiger partial charge in [0.05, 0.1) is 11.9 Å². The van der Waals surface area contributed by atoms with E-state index in [1.165, 1.54) is 4.57 Å². The van der Waals surface area contributed by atoms with Gasteiger partial charge in [-0.25, -0.2) is 4.79 Å². The Hall–Kier alpha value is -2.87. The number of aromatic nitrogens is 1. The van der Waals surface area contributed by atoms with E-state index in [0.717, 1.165) is 4.47 Å². The van der Waals surface area contributed by atoms with Crippen molar-refractivity contribution in [2.75, 3.05) is 11.9 Å². The van der Waals surface area contributed by atoms with Gasteiger partial charge in [-0.2, -0.15) is 0 Å². The molecule has 1 amide bonds. The minimum atomic E-state index is -0.577. The van der Waals surface area contributed by atoms with Crippen LogP contribution in [0.3, 0.4) is 0 Å². The minimum Gasteiger partial charge on any atom is -0.456 e. The Balaban J connectivity index is 1.50. The Morgan fingerprint density at radius 3 is 2.77 bits per heavy atom. The van der Waals surface area contributed by atoms with Crippen LogP contribution >= 0.6 is 15.9 Å². The number of oxazole rings is 1. The van der Waals surface area contributed by atoms with Gasteiger partial charge in [0.1, 0.15) is 0 Å². The molecule has 0 aliphatic carbocycles. The number of anilines is 1. The van der Waals surface area contributed by atoms with Gasteiger partial charge in [0.2, 0.25) is 0 Å². The maximum Gasteiger partial charge on any atom is 0.419 e. The molecule has 7 nitrogen and oxygen atoms in total. The van der Waals surface area contributed by atoms with Crippen molar-refractivity contribution in [1.29, 1.82) is 0 Å². The second kappa shape index (κ2) is 8.01. The van der Waals surface area contributed by atoms with E-state index in [2.05, 4.69) is 21.2 Å². The van der Waals surface area contributed by atoms with Gasteiger partial charge in [-0.05, 0) is 30.3 Å². The number of nitrogens with zero attached hydrogens (tertiary/aromatic N) is 1. The summed E-state index contributed by atoms with van der Waals surface area (Å²) in [5.74, 6) is -1.56. The van der Waals surface area contributed by atoms with Crippen LogP contribution in [0.2, 0.25) is 0 Å². The first kappa shape index (κ1) is 17.9. The van der Waals surface area contributed by atoms with Crippen LogP contribution in [0.1, 0.15) is 6.42 Å². The topological polar surface area (TPSA) is 90.5 Å². The summed E-state index contributed by atoms with van der Waals surface area (Å²) >= 11 is 3.30. The first-order valence-corrected chi connectivity index (χ1v) is 8.61. The van der Waals surface area contributed by atoms with Crippen LogP contribution in [0.15, 0.2) is 62.2 Å². The molecule has 0 unspecified atom stereocenters. The SMILES string of the molecule is O=C(COC(=O)CCn1c(=O)oc2ccccc21)Nc1cccc(Br)c1. The molecule has 2 aromatic carbocycles. The number of carbonyl (C=O) groups excluding carboxylic acids is 2. The highest BCUT2D eigenvalue weighted by molar-refractivity contribution is 9.10. The smallest absolute Gasteiger partial charge is 0.419 e. The molecular formula is C18H15BrN2O5. The van der Waals surface area contributed by atoms with Crippen molar-refractivity contribution in [3.05, 3.63) is 63.6 Å². The Morgan fingerprint density at radius 2 is 1.96 bits per heavy atom. The van der Waals surface area contributed by atoms with Gasteiger partial charge in [0.25, 0.3) is 5.91 Å². The van der Waals surface area contributed by atoms with Crippen molar-refractivity contribution in [2.45, 2.75) is 13.0 Å². The number of ether oxygens (including phenoxy) is 1. The number of esters is 1. The first-order valence-electron chi connectivity index (χ1n) is 7.82. The average Bonchev–Trinajstić information content (AvgIpc) is 2.93. The molecule has 1 aromatic heterocycles. The third kappa shape index (κ3) is 4.40. The monoisotopic (exact) mass is 418 g/mol. The lowest BCUT2D eigenvalue weighted by molar-refractivity contribution is -0.147. The van der Waals surface area contributed by atoms with Crippen molar-refractivity contribution >= 4 is 44.6 Å². The maximum absolute atomic E-state index is 11.8.